The summed E-state index contributed by atoms with van der Waals surface area (Å²) in [5, 5.41) is 5.52. The first-order valence-electron chi connectivity index (χ1n) is 11.2. The van der Waals surface area contributed by atoms with Gasteiger partial charge in [0.05, 0.1) is 19.2 Å². The van der Waals surface area contributed by atoms with Crippen LogP contribution in [-0.2, 0) is 9.59 Å². The number of methoxy groups -OCH3 is 1. The molecule has 34 heavy (non-hydrogen) atoms. The summed E-state index contributed by atoms with van der Waals surface area (Å²) < 4.78 is 5.15. The number of carbonyl (C=O) groups is 4. The van der Waals surface area contributed by atoms with E-state index in [-0.39, 0.29) is 37.4 Å². The van der Waals surface area contributed by atoms with E-state index < -0.39 is 18.0 Å². The number of amides is 4. The molecular weight excluding hydrogens is 438 g/mol. The number of hydrogen-bond acceptors (Lipinski definition) is 6. The standard InChI is InChI=1S/C24H27N5O5/c1-34-18-8-6-16(7-9-18)24(33)29-13-12-28(23(32)17-4-2-10-25-14-17)15-20(29)22(31)27-19-5-3-11-26-21(19)30/h2,4,6-10,14,19-20H,3,5,11-13,15H2,1H3,(H,26,30)(H,27,31)/t19-,20+/m0/s1. The summed E-state index contributed by atoms with van der Waals surface area (Å²) in [5.74, 6) is -0.692. The molecule has 2 aliphatic rings. The Bertz CT molecular complexity index is 1060. The summed E-state index contributed by atoms with van der Waals surface area (Å²) in [6.45, 7) is 1.02. The van der Waals surface area contributed by atoms with Crippen molar-refractivity contribution in [1.82, 2.24) is 25.4 Å². The minimum atomic E-state index is -0.946. The largest absolute Gasteiger partial charge is 0.497 e. The number of benzene rings is 1. The molecule has 0 unspecified atom stereocenters. The van der Waals surface area contributed by atoms with Crippen molar-refractivity contribution < 1.29 is 23.9 Å². The van der Waals surface area contributed by atoms with Crippen LogP contribution in [0.15, 0.2) is 48.8 Å². The number of nitrogens with zero attached hydrogens (tertiary/aromatic N) is 3. The zero-order valence-electron chi connectivity index (χ0n) is 18.9. The van der Waals surface area contributed by atoms with Gasteiger partial charge in [0.25, 0.3) is 11.8 Å². The highest BCUT2D eigenvalue weighted by atomic mass is 16.5. The Morgan fingerprint density at radius 3 is 2.56 bits per heavy atom. The topological polar surface area (TPSA) is 121 Å². The summed E-state index contributed by atoms with van der Waals surface area (Å²) in [5.41, 5.74) is 0.810. The molecule has 1 aromatic heterocycles. The molecule has 10 heteroatoms. The first-order valence-corrected chi connectivity index (χ1v) is 11.2. The van der Waals surface area contributed by atoms with Gasteiger partial charge in [-0.1, -0.05) is 0 Å². The molecule has 0 spiro atoms. The number of hydrogen-bond donors (Lipinski definition) is 2. The van der Waals surface area contributed by atoms with Crippen LogP contribution in [0.25, 0.3) is 0 Å². The number of carbonyl (C=O) groups excluding carboxylic acids is 4. The molecule has 0 aliphatic carbocycles. The van der Waals surface area contributed by atoms with E-state index in [2.05, 4.69) is 15.6 Å². The normalized spacial score (nSPS) is 20.3. The molecule has 2 saturated heterocycles. The highest BCUT2D eigenvalue weighted by Gasteiger charge is 2.39. The number of piperidine rings is 1. The van der Waals surface area contributed by atoms with Gasteiger partial charge in [-0.15, -0.1) is 0 Å². The minimum Gasteiger partial charge on any atom is -0.497 e. The summed E-state index contributed by atoms with van der Waals surface area (Å²) in [7, 11) is 1.54. The Hall–Kier alpha value is -3.95. The van der Waals surface area contributed by atoms with Crippen molar-refractivity contribution in [3.8, 4) is 5.75 Å². The molecule has 10 nitrogen and oxygen atoms in total. The van der Waals surface area contributed by atoms with Crippen LogP contribution in [0.2, 0.25) is 0 Å². The fraction of sp³-hybridized carbons (Fsp3) is 0.375. The summed E-state index contributed by atoms with van der Waals surface area (Å²) in [6, 6.07) is 8.35. The van der Waals surface area contributed by atoms with Crippen LogP contribution in [0.1, 0.15) is 33.6 Å². The van der Waals surface area contributed by atoms with Gasteiger partial charge in [0.2, 0.25) is 11.8 Å². The van der Waals surface area contributed by atoms with Crippen molar-refractivity contribution >= 4 is 23.6 Å². The van der Waals surface area contributed by atoms with Gasteiger partial charge in [-0.25, -0.2) is 0 Å². The second-order valence-electron chi connectivity index (χ2n) is 8.23. The van der Waals surface area contributed by atoms with Crippen LogP contribution in [0, 0.1) is 0 Å². The molecule has 2 atom stereocenters. The first kappa shape index (κ1) is 23.2. The highest BCUT2D eigenvalue weighted by Crippen LogP contribution is 2.19. The van der Waals surface area contributed by atoms with Crippen molar-refractivity contribution in [3.63, 3.8) is 0 Å². The Morgan fingerprint density at radius 2 is 1.88 bits per heavy atom. The second-order valence-corrected chi connectivity index (χ2v) is 8.23. The Morgan fingerprint density at radius 1 is 1.09 bits per heavy atom. The zero-order valence-corrected chi connectivity index (χ0v) is 18.9. The van der Waals surface area contributed by atoms with E-state index in [0.29, 0.717) is 29.8 Å². The molecule has 0 saturated carbocycles. The van der Waals surface area contributed by atoms with Gasteiger partial charge in [0, 0.05) is 37.6 Å². The lowest BCUT2D eigenvalue weighted by molar-refractivity contribution is -0.133. The van der Waals surface area contributed by atoms with E-state index in [1.54, 1.807) is 47.5 Å². The average Bonchev–Trinajstić information content (AvgIpc) is 2.89. The molecule has 4 amide bonds. The number of nitrogens with one attached hydrogen (secondary N) is 2. The fourth-order valence-electron chi connectivity index (χ4n) is 4.18. The number of aromatic nitrogens is 1. The van der Waals surface area contributed by atoms with Gasteiger partial charge < -0.3 is 25.2 Å². The van der Waals surface area contributed by atoms with Crippen LogP contribution < -0.4 is 15.4 Å². The average molecular weight is 466 g/mol. The molecule has 0 radical (unpaired) electrons. The fourth-order valence-corrected chi connectivity index (χ4v) is 4.18. The van der Waals surface area contributed by atoms with E-state index in [4.69, 9.17) is 4.74 Å². The molecule has 2 aromatic rings. The van der Waals surface area contributed by atoms with E-state index in [9.17, 15) is 19.2 Å². The molecule has 0 bridgehead atoms. The third-order valence-electron chi connectivity index (χ3n) is 6.08. The number of rotatable bonds is 5. The Labute approximate surface area is 197 Å². The quantitative estimate of drug-likeness (QED) is 0.662. The maximum Gasteiger partial charge on any atom is 0.255 e. The predicted octanol–water partition coefficient (Wildman–Crippen LogP) is 0.452. The van der Waals surface area contributed by atoms with Crippen LogP contribution >= 0.6 is 0 Å². The molecular formula is C24H27N5O5. The van der Waals surface area contributed by atoms with Crippen LogP contribution in [-0.4, -0.2) is 83.8 Å². The van der Waals surface area contributed by atoms with Gasteiger partial charge in [-0.05, 0) is 49.2 Å². The Kier molecular flexibility index (Phi) is 7.05. The SMILES string of the molecule is COc1ccc(C(=O)N2CCN(C(=O)c3cccnc3)C[C@@H]2C(=O)N[C@H]2CCCNC2=O)cc1. The van der Waals surface area contributed by atoms with Crippen molar-refractivity contribution in [2.45, 2.75) is 24.9 Å². The van der Waals surface area contributed by atoms with E-state index in [1.807, 2.05) is 0 Å². The number of piperazine rings is 1. The van der Waals surface area contributed by atoms with E-state index in [1.165, 1.54) is 18.2 Å². The van der Waals surface area contributed by atoms with Crippen molar-refractivity contribution in [2.24, 2.45) is 0 Å². The van der Waals surface area contributed by atoms with Gasteiger partial charge >= 0.3 is 0 Å². The smallest absolute Gasteiger partial charge is 0.255 e. The summed E-state index contributed by atoms with van der Waals surface area (Å²) in [4.78, 5) is 58.8. The van der Waals surface area contributed by atoms with Crippen LogP contribution in [0.4, 0.5) is 0 Å². The van der Waals surface area contributed by atoms with E-state index >= 15 is 0 Å². The van der Waals surface area contributed by atoms with Gasteiger partial charge in [0.1, 0.15) is 17.8 Å². The first-order chi connectivity index (χ1) is 16.5. The maximum atomic E-state index is 13.3. The van der Waals surface area contributed by atoms with Gasteiger partial charge in [-0.2, -0.15) is 0 Å². The molecule has 4 rings (SSSR count). The molecule has 1 aromatic carbocycles. The minimum absolute atomic E-state index is 0.00972. The lowest BCUT2D eigenvalue weighted by atomic mass is 10.0. The molecule has 2 N–H and O–H groups in total. The summed E-state index contributed by atoms with van der Waals surface area (Å²) in [6.07, 6.45) is 4.32. The molecule has 178 valence electrons. The lowest BCUT2D eigenvalue weighted by Gasteiger charge is -2.41. The lowest BCUT2D eigenvalue weighted by Crippen LogP contribution is -2.63. The number of pyridine rings is 1. The van der Waals surface area contributed by atoms with Crippen molar-refractivity contribution in [1.29, 1.82) is 0 Å². The second kappa shape index (κ2) is 10.3. The zero-order chi connectivity index (χ0) is 24.1. The van der Waals surface area contributed by atoms with Crippen LogP contribution in [0.5, 0.6) is 5.75 Å². The third-order valence-corrected chi connectivity index (χ3v) is 6.08. The van der Waals surface area contributed by atoms with Crippen molar-refractivity contribution in [2.75, 3.05) is 33.3 Å². The highest BCUT2D eigenvalue weighted by molar-refractivity contribution is 6.00. The maximum absolute atomic E-state index is 13.3. The monoisotopic (exact) mass is 465 g/mol. The van der Waals surface area contributed by atoms with Gasteiger partial charge in [0.15, 0.2) is 0 Å². The summed E-state index contributed by atoms with van der Waals surface area (Å²) >= 11 is 0. The molecule has 2 aliphatic heterocycles. The van der Waals surface area contributed by atoms with Crippen LogP contribution in [0.3, 0.4) is 0 Å². The Balaban J connectivity index is 1.56. The number of ether oxygens (including phenoxy) is 1. The third kappa shape index (κ3) is 5.00. The van der Waals surface area contributed by atoms with E-state index in [0.717, 1.165) is 6.42 Å². The molecule has 3 heterocycles. The predicted molar refractivity (Wildman–Crippen MR) is 122 cm³/mol. The molecule has 2 fully saturated rings. The van der Waals surface area contributed by atoms with Crippen molar-refractivity contribution in [3.05, 3.63) is 59.9 Å². The van der Waals surface area contributed by atoms with Gasteiger partial charge in [-0.3, -0.25) is 24.2 Å².